The number of aromatic nitrogens is 3. The minimum Gasteiger partial charge on any atom is -0.324 e. The fourth-order valence-corrected chi connectivity index (χ4v) is 2.59. The number of halogens is 1. The fraction of sp³-hybridized carbons (Fsp3) is 0.125. The molecule has 2 aromatic carbocycles. The van der Waals surface area contributed by atoms with Crippen molar-refractivity contribution in [2.75, 3.05) is 0 Å². The van der Waals surface area contributed by atoms with E-state index in [9.17, 15) is 0 Å². The maximum Gasteiger partial charge on any atom is 0.168 e. The highest BCUT2D eigenvalue weighted by Crippen LogP contribution is 2.27. The van der Waals surface area contributed by atoms with Crippen molar-refractivity contribution in [2.45, 2.75) is 13.5 Å². The maximum absolute atomic E-state index is 5.80. The van der Waals surface area contributed by atoms with Gasteiger partial charge in [-0.15, -0.1) is 10.2 Å². The maximum atomic E-state index is 5.80. The summed E-state index contributed by atoms with van der Waals surface area (Å²) in [5.74, 6) is 1.54. The van der Waals surface area contributed by atoms with E-state index in [1.807, 2.05) is 41.0 Å². The van der Waals surface area contributed by atoms with Crippen molar-refractivity contribution in [3.63, 3.8) is 0 Å². The third-order valence-electron chi connectivity index (χ3n) is 3.36. The Kier molecular flexibility index (Phi) is 3.86. The first-order valence-corrected chi connectivity index (χ1v) is 7.46. The van der Waals surface area contributed by atoms with Crippen molar-refractivity contribution in [1.82, 2.24) is 14.8 Å². The lowest BCUT2D eigenvalue weighted by atomic mass is 10.1. The first-order chi connectivity index (χ1) is 10.2. The van der Waals surface area contributed by atoms with Crippen LogP contribution in [-0.4, -0.2) is 14.8 Å². The number of para-hydroxylation sites is 1. The van der Waals surface area contributed by atoms with E-state index in [0.29, 0.717) is 6.54 Å². The number of rotatable bonds is 3. The van der Waals surface area contributed by atoms with Crippen LogP contribution in [0.2, 0.25) is 0 Å². The second kappa shape index (κ2) is 5.79. The topological polar surface area (TPSA) is 56.7 Å². The predicted molar refractivity (Wildman–Crippen MR) is 87.1 cm³/mol. The molecule has 0 saturated carbocycles. The molecule has 0 unspecified atom stereocenters. The molecule has 3 rings (SSSR count). The summed E-state index contributed by atoms with van der Waals surface area (Å²) in [6.07, 6.45) is 0. The summed E-state index contributed by atoms with van der Waals surface area (Å²) in [4.78, 5) is 0. The smallest absolute Gasteiger partial charge is 0.168 e. The zero-order valence-electron chi connectivity index (χ0n) is 11.6. The van der Waals surface area contributed by atoms with E-state index in [1.54, 1.807) is 0 Å². The Balaban J connectivity index is 2.20. The molecular weight excluding hydrogens is 328 g/mol. The van der Waals surface area contributed by atoms with Gasteiger partial charge >= 0.3 is 0 Å². The summed E-state index contributed by atoms with van der Waals surface area (Å²) in [7, 11) is 0. The normalized spacial score (nSPS) is 10.8. The van der Waals surface area contributed by atoms with Gasteiger partial charge < -0.3 is 5.73 Å². The summed E-state index contributed by atoms with van der Waals surface area (Å²) in [5.41, 5.74) is 9.00. The van der Waals surface area contributed by atoms with Gasteiger partial charge in [0, 0.05) is 15.7 Å². The lowest BCUT2D eigenvalue weighted by molar-refractivity contribution is 0.861. The van der Waals surface area contributed by atoms with Gasteiger partial charge in [-0.25, -0.2) is 0 Å². The molecule has 0 aliphatic heterocycles. The summed E-state index contributed by atoms with van der Waals surface area (Å²) >= 11 is 3.57. The minimum absolute atomic E-state index is 0.342. The van der Waals surface area contributed by atoms with Gasteiger partial charge in [0.1, 0.15) is 0 Å². The summed E-state index contributed by atoms with van der Waals surface area (Å²) in [5, 5.41) is 8.53. The standard InChI is InChI=1S/C16H15BrN4/c1-11-7-8-12(9-14(11)17)16-20-19-15(10-18)21(16)13-5-3-2-4-6-13/h2-9H,10,18H2,1H3. The van der Waals surface area contributed by atoms with Gasteiger partial charge in [-0.1, -0.05) is 46.3 Å². The molecular formula is C16H15BrN4. The third kappa shape index (κ3) is 2.62. The highest BCUT2D eigenvalue weighted by atomic mass is 79.9. The van der Waals surface area contributed by atoms with Gasteiger partial charge in [0.05, 0.1) is 6.54 Å². The molecule has 0 fully saturated rings. The zero-order chi connectivity index (χ0) is 14.8. The van der Waals surface area contributed by atoms with Crippen molar-refractivity contribution in [3.05, 3.63) is 64.4 Å². The van der Waals surface area contributed by atoms with Gasteiger partial charge in [-0.3, -0.25) is 4.57 Å². The number of hydrogen-bond acceptors (Lipinski definition) is 3. The van der Waals surface area contributed by atoms with E-state index < -0.39 is 0 Å². The molecule has 0 bridgehead atoms. The Labute approximate surface area is 131 Å². The van der Waals surface area contributed by atoms with Crippen LogP contribution < -0.4 is 5.73 Å². The second-order valence-corrected chi connectivity index (χ2v) is 5.63. The third-order valence-corrected chi connectivity index (χ3v) is 4.21. The van der Waals surface area contributed by atoms with Crippen molar-refractivity contribution < 1.29 is 0 Å². The van der Waals surface area contributed by atoms with E-state index in [1.165, 1.54) is 5.56 Å². The van der Waals surface area contributed by atoms with Crippen LogP contribution in [0, 0.1) is 6.92 Å². The van der Waals surface area contributed by atoms with Crippen LogP contribution in [0.3, 0.4) is 0 Å². The molecule has 2 N–H and O–H groups in total. The molecule has 0 atom stereocenters. The number of nitrogens with two attached hydrogens (primary N) is 1. The van der Waals surface area contributed by atoms with Gasteiger partial charge in [0.2, 0.25) is 0 Å². The van der Waals surface area contributed by atoms with Crippen LogP contribution in [0.15, 0.2) is 53.0 Å². The quantitative estimate of drug-likeness (QED) is 0.792. The van der Waals surface area contributed by atoms with Crippen molar-refractivity contribution in [2.24, 2.45) is 5.73 Å². The van der Waals surface area contributed by atoms with Crippen LogP contribution in [0.4, 0.5) is 0 Å². The molecule has 21 heavy (non-hydrogen) atoms. The molecule has 1 heterocycles. The number of aryl methyl sites for hydroxylation is 1. The molecule has 106 valence electrons. The predicted octanol–water partition coefficient (Wildman–Crippen LogP) is 3.46. The number of benzene rings is 2. The summed E-state index contributed by atoms with van der Waals surface area (Å²) < 4.78 is 3.05. The first-order valence-electron chi connectivity index (χ1n) is 6.67. The van der Waals surface area contributed by atoms with Crippen molar-refractivity contribution in [3.8, 4) is 17.1 Å². The lowest BCUT2D eigenvalue weighted by Gasteiger charge is -2.10. The highest BCUT2D eigenvalue weighted by Gasteiger charge is 2.14. The number of nitrogens with zero attached hydrogens (tertiary/aromatic N) is 3. The molecule has 3 aromatic rings. The molecule has 0 aliphatic carbocycles. The van der Waals surface area contributed by atoms with Crippen LogP contribution in [0.5, 0.6) is 0 Å². The van der Waals surface area contributed by atoms with Crippen LogP contribution in [0.25, 0.3) is 17.1 Å². The largest absolute Gasteiger partial charge is 0.324 e. The van der Waals surface area contributed by atoms with E-state index in [0.717, 1.165) is 27.4 Å². The van der Waals surface area contributed by atoms with Gasteiger partial charge in [-0.05, 0) is 30.7 Å². The molecule has 5 heteroatoms. The van der Waals surface area contributed by atoms with Gasteiger partial charge in [0.25, 0.3) is 0 Å². The molecule has 0 spiro atoms. The monoisotopic (exact) mass is 342 g/mol. The molecule has 0 saturated heterocycles. The van der Waals surface area contributed by atoms with Crippen LogP contribution in [-0.2, 0) is 6.54 Å². The average Bonchev–Trinajstić information content (AvgIpc) is 2.95. The van der Waals surface area contributed by atoms with E-state index in [-0.39, 0.29) is 0 Å². The molecule has 0 aliphatic rings. The Bertz CT molecular complexity index is 765. The molecule has 0 radical (unpaired) electrons. The molecule has 0 amide bonds. The summed E-state index contributed by atoms with van der Waals surface area (Å²) in [6.45, 7) is 2.40. The first kappa shape index (κ1) is 14.0. The van der Waals surface area contributed by atoms with E-state index in [2.05, 4.69) is 45.2 Å². The Morgan fingerprint density at radius 3 is 2.52 bits per heavy atom. The Hall–Kier alpha value is -1.98. The number of hydrogen-bond donors (Lipinski definition) is 1. The van der Waals surface area contributed by atoms with Gasteiger partial charge in [-0.2, -0.15) is 0 Å². The average molecular weight is 343 g/mol. The van der Waals surface area contributed by atoms with Crippen molar-refractivity contribution >= 4 is 15.9 Å². The van der Waals surface area contributed by atoms with Crippen LogP contribution >= 0.6 is 15.9 Å². The highest BCUT2D eigenvalue weighted by molar-refractivity contribution is 9.10. The van der Waals surface area contributed by atoms with Gasteiger partial charge in [0.15, 0.2) is 11.6 Å². The van der Waals surface area contributed by atoms with Crippen LogP contribution in [0.1, 0.15) is 11.4 Å². The lowest BCUT2D eigenvalue weighted by Crippen LogP contribution is -2.07. The summed E-state index contributed by atoms with van der Waals surface area (Å²) in [6, 6.07) is 16.2. The van der Waals surface area contributed by atoms with Crippen molar-refractivity contribution in [1.29, 1.82) is 0 Å². The molecule has 1 aromatic heterocycles. The van der Waals surface area contributed by atoms with E-state index in [4.69, 9.17) is 5.73 Å². The van der Waals surface area contributed by atoms with E-state index >= 15 is 0 Å². The minimum atomic E-state index is 0.342. The SMILES string of the molecule is Cc1ccc(-c2nnc(CN)n2-c2ccccc2)cc1Br. The Morgan fingerprint density at radius 1 is 1.10 bits per heavy atom. The fourth-order valence-electron chi connectivity index (χ4n) is 2.22. The molecule has 4 nitrogen and oxygen atoms in total. The Morgan fingerprint density at radius 2 is 1.86 bits per heavy atom. The zero-order valence-corrected chi connectivity index (χ0v) is 13.2. The second-order valence-electron chi connectivity index (χ2n) is 4.78.